The molecule has 1 aliphatic rings. The van der Waals surface area contributed by atoms with Crippen LogP contribution >= 0.6 is 0 Å². The summed E-state index contributed by atoms with van der Waals surface area (Å²) in [6.07, 6.45) is 4.68. The van der Waals surface area contributed by atoms with Gasteiger partial charge in [-0.25, -0.2) is 4.79 Å². The normalized spacial score (nSPS) is 20.1. The molecule has 5 nitrogen and oxygen atoms in total. The molecule has 1 aromatic heterocycles. The number of rotatable bonds is 2. The van der Waals surface area contributed by atoms with E-state index in [-0.39, 0.29) is 0 Å². The first-order valence-electron chi connectivity index (χ1n) is 5.11. The number of hydrogen-bond donors (Lipinski definition) is 2. The van der Waals surface area contributed by atoms with Crippen molar-refractivity contribution in [2.45, 2.75) is 25.3 Å². The molecule has 1 aliphatic heterocycles. The highest BCUT2D eigenvalue weighted by Gasteiger charge is 2.42. The molecule has 0 spiro atoms. The lowest BCUT2D eigenvalue weighted by Crippen LogP contribution is -2.50. The van der Waals surface area contributed by atoms with Crippen molar-refractivity contribution in [1.29, 1.82) is 0 Å². The maximum Gasteiger partial charge on any atom is 0.331 e. The molecule has 0 saturated carbocycles. The predicted molar refractivity (Wildman–Crippen MR) is 54.7 cm³/mol. The summed E-state index contributed by atoms with van der Waals surface area (Å²) in [5, 5.41) is 16.7. The third-order valence-corrected chi connectivity index (χ3v) is 2.98. The van der Waals surface area contributed by atoms with Gasteiger partial charge in [-0.1, -0.05) is 0 Å². The smallest absolute Gasteiger partial charge is 0.331 e. The molecule has 2 rings (SSSR count). The van der Waals surface area contributed by atoms with Gasteiger partial charge in [-0.15, -0.1) is 0 Å². The highest BCUT2D eigenvalue weighted by atomic mass is 16.4. The van der Waals surface area contributed by atoms with Crippen molar-refractivity contribution in [2.24, 2.45) is 0 Å². The Kier molecular flexibility index (Phi) is 2.48. The van der Waals surface area contributed by atoms with Crippen molar-refractivity contribution in [1.82, 2.24) is 15.1 Å². The summed E-state index contributed by atoms with van der Waals surface area (Å²) in [6, 6.07) is 0. The zero-order valence-corrected chi connectivity index (χ0v) is 8.73. The Morgan fingerprint density at radius 3 is 2.73 bits per heavy atom. The van der Waals surface area contributed by atoms with Gasteiger partial charge >= 0.3 is 5.97 Å². The average Bonchev–Trinajstić information content (AvgIpc) is 2.66. The molecule has 1 fully saturated rings. The molecule has 1 aromatic rings. The Morgan fingerprint density at radius 1 is 1.60 bits per heavy atom. The number of aliphatic carboxylic acids is 1. The summed E-state index contributed by atoms with van der Waals surface area (Å²) in [7, 11) is 0. The minimum Gasteiger partial charge on any atom is -0.479 e. The summed E-state index contributed by atoms with van der Waals surface area (Å²) >= 11 is 0. The molecule has 0 aromatic carbocycles. The number of carbonyl (C=O) groups is 1. The molecule has 2 heterocycles. The van der Waals surface area contributed by atoms with Gasteiger partial charge in [0.25, 0.3) is 0 Å². The number of aromatic nitrogens is 2. The van der Waals surface area contributed by atoms with Gasteiger partial charge in [0.1, 0.15) is 0 Å². The van der Waals surface area contributed by atoms with Crippen molar-refractivity contribution >= 4 is 5.97 Å². The second-order valence-electron chi connectivity index (χ2n) is 4.05. The molecule has 82 valence electrons. The van der Waals surface area contributed by atoms with E-state index in [1.165, 1.54) is 0 Å². The maximum atomic E-state index is 11.4. The molecule has 2 N–H and O–H groups in total. The van der Waals surface area contributed by atoms with Gasteiger partial charge in [0.2, 0.25) is 0 Å². The molecular weight excluding hydrogens is 194 g/mol. The third-order valence-electron chi connectivity index (χ3n) is 2.98. The predicted octanol–water partition coefficient (Wildman–Crippen LogP) is 0.355. The number of carboxylic acid groups (broad SMARTS) is 1. The zero-order chi connectivity index (χ0) is 10.9. The minimum atomic E-state index is -0.848. The zero-order valence-electron chi connectivity index (χ0n) is 8.73. The average molecular weight is 209 g/mol. The van der Waals surface area contributed by atoms with Gasteiger partial charge in [0.15, 0.2) is 5.54 Å². The largest absolute Gasteiger partial charge is 0.479 e. The summed E-state index contributed by atoms with van der Waals surface area (Å²) in [4.78, 5) is 11.4. The van der Waals surface area contributed by atoms with Gasteiger partial charge < -0.3 is 10.4 Å². The Hall–Kier alpha value is -1.36. The molecule has 0 bridgehead atoms. The number of piperidine rings is 1. The van der Waals surface area contributed by atoms with Crippen LogP contribution in [-0.4, -0.2) is 33.9 Å². The van der Waals surface area contributed by atoms with E-state index in [1.807, 2.05) is 6.92 Å². The molecule has 1 saturated heterocycles. The number of nitrogens with one attached hydrogen (secondary N) is 1. The van der Waals surface area contributed by atoms with E-state index in [1.54, 1.807) is 17.1 Å². The van der Waals surface area contributed by atoms with Gasteiger partial charge in [-0.3, -0.25) is 4.68 Å². The molecule has 0 radical (unpaired) electrons. The Morgan fingerprint density at radius 2 is 2.27 bits per heavy atom. The standard InChI is InChI=1S/C10H15N3O2/c1-8-6-12-13(7-8)10(9(14)15)2-4-11-5-3-10/h6-7,11H,2-5H2,1H3,(H,14,15). The topological polar surface area (TPSA) is 67.2 Å². The fraction of sp³-hybridized carbons (Fsp3) is 0.600. The molecule has 0 aliphatic carbocycles. The first kappa shape index (κ1) is 10.2. The van der Waals surface area contributed by atoms with Crippen molar-refractivity contribution in [3.63, 3.8) is 0 Å². The third kappa shape index (κ3) is 1.63. The molecule has 15 heavy (non-hydrogen) atoms. The Bertz CT molecular complexity index is 366. The number of aryl methyl sites for hydroxylation is 1. The molecule has 5 heteroatoms. The lowest BCUT2D eigenvalue weighted by molar-refractivity contribution is -0.149. The van der Waals surface area contributed by atoms with E-state index in [4.69, 9.17) is 0 Å². The highest BCUT2D eigenvalue weighted by molar-refractivity contribution is 5.76. The van der Waals surface area contributed by atoms with E-state index in [9.17, 15) is 9.90 Å². The van der Waals surface area contributed by atoms with Gasteiger partial charge in [-0.2, -0.15) is 5.10 Å². The van der Waals surface area contributed by atoms with Gasteiger partial charge in [-0.05, 0) is 38.4 Å². The monoisotopic (exact) mass is 209 g/mol. The highest BCUT2D eigenvalue weighted by Crippen LogP contribution is 2.27. The summed E-state index contributed by atoms with van der Waals surface area (Å²) in [5.41, 5.74) is 0.147. The molecule has 0 atom stereocenters. The van der Waals surface area contributed by atoms with Gasteiger partial charge in [0.05, 0.1) is 6.20 Å². The van der Waals surface area contributed by atoms with Crippen molar-refractivity contribution < 1.29 is 9.90 Å². The van der Waals surface area contributed by atoms with Crippen molar-refractivity contribution in [2.75, 3.05) is 13.1 Å². The van der Waals surface area contributed by atoms with Crippen LogP contribution in [0.3, 0.4) is 0 Å². The number of hydrogen-bond acceptors (Lipinski definition) is 3. The summed E-state index contributed by atoms with van der Waals surface area (Å²) in [5.74, 6) is -0.785. The van der Waals surface area contributed by atoms with E-state index < -0.39 is 11.5 Å². The minimum absolute atomic E-state index is 0.587. The first-order valence-corrected chi connectivity index (χ1v) is 5.11. The van der Waals surface area contributed by atoms with Crippen LogP contribution in [0.4, 0.5) is 0 Å². The Labute approximate surface area is 88.1 Å². The SMILES string of the molecule is Cc1cnn(C2(C(=O)O)CCNCC2)c1. The molecular formula is C10H15N3O2. The van der Waals surface area contributed by atoms with Crippen LogP contribution in [0.1, 0.15) is 18.4 Å². The van der Waals surface area contributed by atoms with Crippen LogP contribution in [0.15, 0.2) is 12.4 Å². The summed E-state index contributed by atoms with van der Waals surface area (Å²) < 4.78 is 1.60. The van der Waals surface area contributed by atoms with Crippen molar-refractivity contribution in [3.8, 4) is 0 Å². The van der Waals surface area contributed by atoms with E-state index in [0.29, 0.717) is 12.8 Å². The van der Waals surface area contributed by atoms with Crippen molar-refractivity contribution in [3.05, 3.63) is 18.0 Å². The van der Waals surface area contributed by atoms with Crippen LogP contribution in [0.25, 0.3) is 0 Å². The molecule has 0 unspecified atom stereocenters. The Balaban J connectivity index is 2.37. The number of nitrogens with zero attached hydrogens (tertiary/aromatic N) is 2. The fourth-order valence-electron chi connectivity index (χ4n) is 2.03. The van der Waals surface area contributed by atoms with Crippen LogP contribution < -0.4 is 5.32 Å². The van der Waals surface area contributed by atoms with Crippen LogP contribution in [0, 0.1) is 6.92 Å². The van der Waals surface area contributed by atoms with E-state index in [2.05, 4.69) is 10.4 Å². The second-order valence-corrected chi connectivity index (χ2v) is 4.05. The van der Waals surface area contributed by atoms with Crippen LogP contribution in [0.5, 0.6) is 0 Å². The molecule has 0 amide bonds. The number of carboxylic acids is 1. The lowest BCUT2D eigenvalue weighted by Gasteiger charge is -2.33. The quantitative estimate of drug-likeness (QED) is 0.737. The van der Waals surface area contributed by atoms with E-state index >= 15 is 0 Å². The summed E-state index contributed by atoms with van der Waals surface area (Å²) in [6.45, 7) is 3.37. The second kappa shape index (κ2) is 3.66. The lowest BCUT2D eigenvalue weighted by atomic mass is 9.88. The van der Waals surface area contributed by atoms with Gasteiger partial charge in [0, 0.05) is 6.20 Å². The maximum absolute atomic E-state index is 11.4. The fourth-order valence-corrected chi connectivity index (χ4v) is 2.03. The van der Waals surface area contributed by atoms with Crippen LogP contribution in [0.2, 0.25) is 0 Å². The first-order chi connectivity index (χ1) is 7.15. The van der Waals surface area contributed by atoms with Crippen LogP contribution in [-0.2, 0) is 10.3 Å². The van der Waals surface area contributed by atoms with E-state index in [0.717, 1.165) is 18.7 Å².